The van der Waals surface area contributed by atoms with Crippen LogP contribution in [0.5, 0.6) is 11.5 Å². The quantitative estimate of drug-likeness (QED) is 0.181. The van der Waals surface area contributed by atoms with E-state index in [1.807, 2.05) is 30.3 Å². The summed E-state index contributed by atoms with van der Waals surface area (Å²) in [6.07, 6.45) is 9.91. The molecule has 2 aliphatic rings. The van der Waals surface area contributed by atoms with Crippen molar-refractivity contribution in [3.63, 3.8) is 0 Å². The highest BCUT2D eigenvalue weighted by molar-refractivity contribution is 7.98. The van der Waals surface area contributed by atoms with Crippen molar-refractivity contribution in [2.24, 2.45) is 0 Å². The van der Waals surface area contributed by atoms with Gasteiger partial charge in [-0.2, -0.15) is 0 Å². The lowest BCUT2D eigenvalue weighted by Crippen LogP contribution is -2.35. The standard InChI is InChI=1S/C34H33NO4S/c1-37-27-14-7-23-21-31(33(36)38-2)29-17-18-34(39-32(29)30(23)22-27,25-10-15-28(40-3)16-11-25)24-8-12-26(13-9-24)35-19-5-4-6-20-35/h7-18,21-22H,4-6,19-20H2,1-3H3. The van der Waals surface area contributed by atoms with Gasteiger partial charge in [0.25, 0.3) is 0 Å². The third-order valence-corrected chi connectivity index (χ3v) is 8.77. The molecule has 5 nitrogen and oxygen atoms in total. The van der Waals surface area contributed by atoms with Crippen molar-refractivity contribution in [3.05, 3.63) is 101 Å². The molecule has 0 saturated carbocycles. The molecule has 1 fully saturated rings. The minimum absolute atomic E-state index is 0.398. The largest absolute Gasteiger partial charge is 0.497 e. The monoisotopic (exact) mass is 551 g/mol. The predicted octanol–water partition coefficient (Wildman–Crippen LogP) is 7.70. The smallest absolute Gasteiger partial charge is 0.338 e. The number of piperidine rings is 1. The molecule has 4 aromatic rings. The van der Waals surface area contributed by atoms with Crippen molar-refractivity contribution in [1.82, 2.24) is 0 Å². The van der Waals surface area contributed by atoms with Crippen molar-refractivity contribution in [3.8, 4) is 11.5 Å². The zero-order valence-corrected chi connectivity index (χ0v) is 23.9. The molecule has 0 radical (unpaired) electrons. The number of ether oxygens (including phenoxy) is 3. The molecular weight excluding hydrogens is 518 g/mol. The third-order valence-electron chi connectivity index (χ3n) is 8.03. The summed E-state index contributed by atoms with van der Waals surface area (Å²) < 4.78 is 17.8. The van der Waals surface area contributed by atoms with Crippen LogP contribution in [-0.4, -0.2) is 39.5 Å². The fourth-order valence-electron chi connectivity index (χ4n) is 5.82. The lowest BCUT2D eigenvalue weighted by atomic mass is 9.82. The second-order valence-electron chi connectivity index (χ2n) is 10.2. The predicted molar refractivity (Wildman–Crippen MR) is 163 cm³/mol. The third kappa shape index (κ3) is 4.60. The Morgan fingerprint density at radius 2 is 1.60 bits per heavy atom. The molecule has 0 bridgehead atoms. The number of esters is 1. The molecule has 0 aromatic heterocycles. The minimum atomic E-state index is -0.894. The molecule has 2 heterocycles. The Hall–Kier alpha value is -3.90. The summed E-state index contributed by atoms with van der Waals surface area (Å²) >= 11 is 1.71. The highest BCUT2D eigenvalue weighted by Crippen LogP contribution is 2.47. The van der Waals surface area contributed by atoms with Crippen LogP contribution in [0.1, 0.15) is 46.3 Å². The number of nitrogens with zero attached hydrogens (tertiary/aromatic N) is 1. The van der Waals surface area contributed by atoms with Gasteiger partial charge in [-0.3, -0.25) is 0 Å². The molecule has 6 heteroatoms. The van der Waals surface area contributed by atoms with Gasteiger partial charge >= 0.3 is 5.97 Å². The molecule has 40 heavy (non-hydrogen) atoms. The first-order valence-corrected chi connectivity index (χ1v) is 14.9. The van der Waals surface area contributed by atoms with Crippen molar-refractivity contribution in [2.75, 3.05) is 38.5 Å². The maximum Gasteiger partial charge on any atom is 0.338 e. The van der Waals surface area contributed by atoms with Gasteiger partial charge in [0.05, 0.1) is 19.8 Å². The Bertz CT molecular complexity index is 1570. The Morgan fingerprint density at radius 3 is 2.25 bits per heavy atom. The molecule has 1 unspecified atom stereocenters. The number of hydrogen-bond acceptors (Lipinski definition) is 6. The minimum Gasteiger partial charge on any atom is -0.497 e. The van der Waals surface area contributed by atoms with Gasteiger partial charge in [0.2, 0.25) is 0 Å². The van der Waals surface area contributed by atoms with E-state index in [-0.39, 0.29) is 0 Å². The van der Waals surface area contributed by atoms with Gasteiger partial charge in [-0.1, -0.05) is 30.3 Å². The topological polar surface area (TPSA) is 48.0 Å². The first-order valence-electron chi connectivity index (χ1n) is 13.7. The fraction of sp³-hybridized carbons (Fsp3) is 0.265. The average molecular weight is 552 g/mol. The maximum absolute atomic E-state index is 12.9. The summed E-state index contributed by atoms with van der Waals surface area (Å²) in [5.41, 5.74) is 3.55. The molecule has 0 amide bonds. The molecule has 4 aromatic carbocycles. The van der Waals surface area contributed by atoms with Crippen molar-refractivity contribution in [1.29, 1.82) is 0 Å². The second kappa shape index (κ2) is 10.9. The summed E-state index contributed by atoms with van der Waals surface area (Å²) in [6.45, 7) is 2.18. The lowest BCUT2D eigenvalue weighted by molar-refractivity contribution is 0.0599. The van der Waals surface area contributed by atoms with Crippen LogP contribution in [0.4, 0.5) is 5.69 Å². The normalized spacial score (nSPS) is 18.2. The number of anilines is 1. The molecule has 2 aliphatic heterocycles. The summed E-state index contributed by atoms with van der Waals surface area (Å²) in [6, 6.07) is 25.0. The number of carbonyl (C=O) groups excluding carboxylic acids is 1. The molecule has 6 rings (SSSR count). The van der Waals surface area contributed by atoms with Gasteiger partial charge in [0.15, 0.2) is 5.60 Å². The van der Waals surface area contributed by atoms with E-state index in [4.69, 9.17) is 14.2 Å². The number of hydrogen-bond donors (Lipinski definition) is 0. The Balaban J connectivity index is 1.54. The lowest BCUT2D eigenvalue weighted by Gasteiger charge is -2.37. The van der Waals surface area contributed by atoms with E-state index in [1.165, 1.54) is 37.0 Å². The van der Waals surface area contributed by atoms with Crippen LogP contribution in [0.3, 0.4) is 0 Å². The van der Waals surface area contributed by atoms with E-state index in [0.29, 0.717) is 16.9 Å². The number of rotatable bonds is 6. The van der Waals surface area contributed by atoms with Crippen LogP contribution in [0, 0.1) is 0 Å². The summed E-state index contributed by atoms with van der Waals surface area (Å²) in [7, 11) is 3.06. The number of fused-ring (bicyclic) bond motifs is 3. The van der Waals surface area contributed by atoms with Crippen LogP contribution in [-0.2, 0) is 10.3 Å². The number of benzene rings is 4. The van der Waals surface area contributed by atoms with Gasteiger partial charge in [-0.15, -0.1) is 11.8 Å². The number of carbonyl (C=O) groups is 1. The van der Waals surface area contributed by atoms with E-state index in [9.17, 15) is 4.79 Å². The molecule has 0 aliphatic carbocycles. The van der Waals surface area contributed by atoms with Gasteiger partial charge in [-0.05, 0) is 85.5 Å². The van der Waals surface area contributed by atoms with Crippen LogP contribution >= 0.6 is 11.8 Å². The summed E-state index contributed by atoms with van der Waals surface area (Å²) in [4.78, 5) is 16.5. The molecule has 1 saturated heterocycles. The van der Waals surface area contributed by atoms with Crippen molar-refractivity contribution >= 4 is 40.3 Å². The van der Waals surface area contributed by atoms with Gasteiger partial charge in [-0.25, -0.2) is 4.79 Å². The van der Waals surface area contributed by atoms with Crippen LogP contribution < -0.4 is 14.4 Å². The van der Waals surface area contributed by atoms with Crippen LogP contribution in [0.2, 0.25) is 0 Å². The Labute approximate surface area is 239 Å². The van der Waals surface area contributed by atoms with E-state index < -0.39 is 11.6 Å². The van der Waals surface area contributed by atoms with Crippen molar-refractivity contribution in [2.45, 2.75) is 29.8 Å². The van der Waals surface area contributed by atoms with Gasteiger partial charge < -0.3 is 19.1 Å². The van der Waals surface area contributed by atoms with E-state index in [2.05, 4.69) is 65.8 Å². The maximum atomic E-state index is 12.9. The molecule has 0 N–H and O–H groups in total. The second-order valence-corrected chi connectivity index (χ2v) is 11.1. The highest BCUT2D eigenvalue weighted by Gasteiger charge is 2.39. The fourth-order valence-corrected chi connectivity index (χ4v) is 6.23. The van der Waals surface area contributed by atoms with E-state index in [0.717, 1.165) is 40.7 Å². The SMILES string of the molecule is COC(=O)c1cc2ccc(OC)cc2c2c1C=CC(c1ccc(SC)cc1)(c1ccc(N3CCCCC3)cc1)O2. The number of thioether (sulfide) groups is 1. The number of methoxy groups -OCH3 is 2. The van der Waals surface area contributed by atoms with E-state index >= 15 is 0 Å². The zero-order chi connectivity index (χ0) is 27.7. The van der Waals surface area contributed by atoms with Crippen molar-refractivity contribution < 1.29 is 19.0 Å². The highest BCUT2D eigenvalue weighted by atomic mass is 32.2. The molecule has 1 atom stereocenters. The van der Waals surface area contributed by atoms with Crippen LogP contribution in [0.25, 0.3) is 16.8 Å². The van der Waals surface area contributed by atoms with Gasteiger partial charge in [0, 0.05) is 45.7 Å². The Morgan fingerprint density at radius 1 is 0.900 bits per heavy atom. The molecule has 204 valence electrons. The molecular formula is C34H33NO4S. The first-order chi connectivity index (χ1) is 19.6. The van der Waals surface area contributed by atoms with Crippen LogP contribution in [0.15, 0.2) is 83.8 Å². The Kier molecular flexibility index (Phi) is 7.20. The molecule has 0 spiro atoms. The van der Waals surface area contributed by atoms with E-state index in [1.54, 1.807) is 18.9 Å². The summed E-state index contributed by atoms with van der Waals surface area (Å²) in [5, 5.41) is 1.75. The first kappa shape index (κ1) is 26.3. The zero-order valence-electron chi connectivity index (χ0n) is 23.1. The summed E-state index contributed by atoms with van der Waals surface area (Å²) in [5.74, 6) is 0.956. The average Bonchev–Trinajstić information content (AvgIpc) is 3.04. The van der Waals surface area contributed by atoms with Gasteiger partial charge in [0.1, 0.15) is 11.5 Å².